The topological polar surface area (TPSA) is 38.7 Å². The molecule has 1 atom stereocenters. The van der Waals surface area contributed by atoms with Gasteiger partial charge in [0.25, 0.3) is 0 Å². The van der Waals surface area contributed by atoms with Crippen LogP contribution in [0.15, 0.2) is 54.6 Å². The molecule has 0 saturated carbocycles. The Labute approximate surface area is 119 Å². The minimum atomic E-state index is -0.494. The SMILES string of the molecule is CCOc1cccc(OCCC(O)c2ccccc2)c1. The molecule has 20 heavy (non-hydrogen) atoms. The zero-order valence-electron chi connectivity index (χ0n) is 11.7. The summed E-state index contributed by atoms with van der Waals surface area (Å²) in [5.74, 6) is 1.56. The van der Waals surface area contributed by atoms with Gasteiger partial charge in [-0.2, -0.15) is 0 Å². The van der Waals surface area contributed by atoms with Crippen LogP contribution < -0.4 is 9.47 Å². The quantitative estimate of drug-likeness (QED) is 0.837. The van der Waals surface area contributed by atoms with Crippen LogP contribution in [0.1, 0.15) is 25.0 Å². The fraction of sp³-hybridized carbons (Fsp3) is 0.294. The zero-order chi connectivity index (χ0) is 14.2. The van der Waals surface area contributed by atoms with Crippen molar-refractivity contribution >= 4 is 0 Å². The van der Waals surface area contributed by atoms with E-state index >= 15 is 0 Å². The maximum absolute atomic E-state index is 10.0. The molecule has 0 spiro atoms. The van der Waals surface area contributed by atoms with Crippen LogP contribution in [-0.4, -0.2) is 18.3 Å². The molecule has 1 N–H and O–H groups in total. The first-order valence-electron chi connectivity index (χ1n) is 6.88. The Morgan fingerprint density at radius 3 is 2.35 bits per heavy atom. The van der Waals surface area contributed by atoms with Crippen molar-refractivity contribution in [3.63, 3.8) is 0 Å². The molecule has 0 aliphatic carbocycles. The second kappa shape index (κ2) is 7.56. The third-order valence-corrected chi connectivity index (χ3v) is 2.96. The minimum Gasteiger partial charge on any atom is -0.494 e. The Kier molecular flexibility index (Phi) is 5.44. The molecule has 0 fully saturated rings. The van der Waals surface area contributed by atoms with E-state index in [-0.39, 0.29) is 0 Å². The van der Waals surface area contributed by atoms with E-state index in [9.17, 15) is 5.11 Å². The number of ether oxygens (including phenoxy) is 2. The summed E-state index contributed by atoms with van der Waals surface area (Å²) in [6.45, 7) is 3.05. The summed E-state index contributed by atoms with van der Waals surface area (Å²) in [6.07, 6.45) is 0.0642. The third-order valence-electron chi connectivity index (χ3n) is 2.96. The lowest BCUT2D eigenvalue weighted by atomic mass is 10.1. The lowest BCUT2D eigenvalue weighted by molar-refractivity contribution is 0.140. The van der Waals surface area contributed by atoms with Crippen LogP contribution in [-0.2, 0) is 0 Å². The number of hydrogen-bond acceptors (Lipinski definition) is 3. The number of benzene rings is 2. The van der Waals surface area contributed by atoms with E-state index in [1.165, 1.54) is 0 Å². The Morgan fingerprint density at radius 1 is 0.950 bits per heavy atom. The predicted octanol–water partition coefficient (Wildman–Crippen LogP) is 3.59. The molecule has 0 bridgehead atoms. The van der Waals surface area contributed by atoms with Crippen molar-refractivity contribution in [3.05, 3.63) is 60.2 Å². The second-order valence-electron chi connectivity index (χ2n) is 4.47. The van der Waals surface area contributed by atoms with Gasteiger partial charge < -0.3 is 14.6 Å². The van der Waals surface area contributed by atoms with E-state index in [1.807, 2.05) is 61.5 Å². The molecule has 2 rings (SSSR count). The molecule has 0 saturated heterocycles. The fourth-order valence-electron chi connectivity index (χ4n) is 1.95. The van der Waals surface area contributed by atoms with Crippen molar-refractivity contribution in [2.45, 2.75) is 19.4 Å². The van der Waals surface area contributed by atoms with E-state index in [0.29, 0.717) is 19.6 Å². The van der Waals surface area contributed by atoms with Gasteiger partial charge in [-0.05, 0) is 24.6 Å². The molecule has 2 aromatic carbocycles. The van der Waals surface area contributed by atoms with Crippen molar-refractivity contribution in [1.82, 2.24) is 0 Å². The summed E-state index contributed by atoms with van der Waals surface area (Å²) in [6, 6.07) is 17.2. The van der Waals surface area contributed by atoms with Crippen LogP contribution in [0, 0.1) is 0 Å². The Bertz CT molecular complexity index is 511. The third kappa shape index (κ3) is 4.28. The average Bonchev–Trinajstić information content (AvgIpc) is 2.49. The van der Waals surface area contributed by atoms with Crippen LogP contribution >= 0.6 is 0 Å². The number of hydrogen-bond donors (Lipinski definition) is 1. The summed E-state index contributed by atoms with van der Waals surface area (Å²) < 4.78 is 11.1. The van der Waals surface area contributed by atoms with Crippen LogP contribution in [0.4, 0.5) is 0 Å². The first-order chi connectivity index (χ1) is 9.79. The summed E-state index contributed by atoms with van der Waals surface area (Å²) in [5, 5.41) is 10.0. The summed E-state index contributed by atoms with van der Waals surface area (Å²) in [7, 11) is 0. The van der Waals surface area contributed by atoms with E-state index in [4.69, 9.17) is 9.47 Å². The van der Waals surface area contributed by atoms with Gasteiger partial charge in [0.05, 0.1) is 19.3 Å². The molecular formula is C17H20O3. The van der Waals surface area contributed by atoms with E-state index < -0.39 is 6.10 Å². The largest absolute Gasteiger partial charge is 0.494 e. The van der Waals surface area contributed by atoms with E-state index in [1.54, 1.807) is 0 Å². The van der Waals surface area contributed by atoms with Crippen LogP contribution in [0.5, 0.6) is 11.5 Å². The monoisotopic (exact) mass is 272 g/mol. The van der Waals surface area contributed by atoms with Gasteiger partial charge in [-0.1, -0.05) is 36.4 Å². The highest BCUT2D eigenvalue weighted by Gasteiger charge is 2.07. The molecule has 2 aromatic rings. The Hall–Kier alpha value is -2.00. The number of aliphatic hydroxyl groups is 1. The molecular weight excluding hydrogens is 252 g/mol. The van der Waals surface area contributed by atoms with Crippen LogP contribution in [0.3, 0.4) is 0 Å². The van der Waals surface area contributed by atoms with Gasteiger partial charge >= 0.3 is 0 Å². The van der Waals surface area contributed by atoms with Gasteiger partial charge in [0.15, 0.2) is 0 Å². The second-order valence-corrected chi connectivity index (χ2v) is 4.47. The smallest absolute Gasteiger partial charge is 0.122 e. The lowest BCUT2D eigenvalue weighted by Crippen LogP contribution is -2.05. The van der Waals surface area contributed by atoms with Crippen molar-refractivity contribution in [2.75, 3.05) is 13.2 Å². The minimum absolute atomic E-state index is 0.464. The highest BCUT2D eigenvalue weighted by molar-refractivity contribution is 5.32. The molecule has 1 unspecified atom stereocenters. The molecule has 3 nitrogen and oxygen atoms in total. The van der Waals surface area contributed by atoms with Gasteiger partial charge in [0.1, 0.15) is 11.5 Å². The fourth-order valence-corrected chi connectivity index (χ4v) is 1.95. The molecule has 0 aromatic heterocycles. The van der Waals surface area contributed by atoms with Gasteiger partial charge in [-0.25, -0.2) is 0 Å². The molecule has 0 heterocycles. The Balaban J connectivity index is 1.82. The predicted molar refractivity (Wildman–Crippen MR) is 79.1 cm³/mol. The zero-order valence-corrected chi connectivity index (χ0v) is 11.7. The van der Waals surface area contributed by atoms with Gasteiger partial charge in [0.2, 0.25) is 0 Å². The normalized spacial score (nSPS) is 11.9. The van der Waals surface area contributed by atoms with Crippen molar-refractivity contribution in [3.8, 4) is 11.5 Å². The van der Waals surface area contributed by atoms with Crippen LogP contribution in [0.2, 0.25) is 0 Å². The molecule has 0 aliphatic rings. The van der Waals surface area contributed by atoms with Gasteiger partial charge in [-0.15, -0.1) is 0 Å². The average molecular weight is 272 g/mol. The first-order valence-corrected chi connectivity index (χ1v) is 6.88. The molecule has 0 amide bonds. The molecule has 106 valence electrons. The first kappa shape index (κ1) is 14.4. The van der Waals surface area contributed by atoms with Crippen molar-refractivity contribution < 1.29 is 14.6 Å². The highest BCUT2D eigenvalue weighted by atomic mass is 16.5. The van der Waals surface area contributed by atoms with E-state index in [0.717, 1.165) is 17.1 Å². The molecule has 0 aliphatic heterocycles. The molecule has 0 radical (unpaired) electrons. The van der Waals surface area contributed by atoms with E-state index in [2.05, 4.69) is 0 Å². The highest BCUT2D eigenvalue weighted by Crippen LogP contribution is 2.21. The van der Waals surface area contributed by atoms with Gasteiger partial charge in [0, 0.05) is 12.5 Å². The summed E-state index contributed by atoms with van der Waals surface area (Å²) >= 11 is 0. The van der Waals surface area contributed by atoms with Crippen molar-refractivity contribution in [2.24, 2.45) is 0 Å². The van der Waals surface area contributed by atoms with Gasteiger partial charge in [-0.3, -0.25) is 0 Å². The standard InChI is InChI=1S/C17H20O3/c1-2-19-15-9-6-10-16(13-15)20-12-11-17(18)14-7-4-3-5-8-14/h3-10,13,17-18H,2,11-12H2,1H3. The maximum Gasteiger partial charge on any atom is 0.122 e. The summed E-state index contributed by atoms with van der Waals surface area (Å²) in [5.41, 5.74) is 0.916. The van der Waals surface area contributed by atoms with Crippen LogP contribution in [0.25, 0.3) is 0 Å². The number of rotatable bonds is 7. The van der Waals surface area contributed by atoms with Crippen molar-refractivity contribution in [1.29, 1.82) is 0 Å². The Morgan fingerprint density at radius 2 is 1.65 bits per heavy atom. The summed E-state index contributed by atoms with van der Waals surface area (Å²) in [4.78, 5) is 0. The maximum atomic E-state index is 10.0. The number of aliphatic hydroxyl groups excluding tert-OH is 1. The lowest BCUT2D eigenvalue weighted by Gasteiger charge is -2.12. The molecule has 3 heteroatoms.